The van der Waals surface area contributed by atoms with Crippen LogP contribution in [0.4, 0.5) is 0 Å². The van der Waals surface area contributed by atoms with E-state index in [0.717, 1.165) is 44.6 Å². The van der Waals surface area contributed by atoms with Crippen LogP contribution in [-0.4, -0.2) is 73.5 Å². The molecule has 0 aromatic heterocycles. The Labute approximate surface area is 165 Å². The van der Waals surface area contributed by atoms with Crippen LogP contribution in [0.2, 0.25) is 0 Å². The monoisotopic (exact) mass is 371 g/mol. The van der Waals surface area contributed by atoms with Crippen molar-refractivity contribution in [2.24, 2.45) is 10.9 Å². The van der Waals surface area contributed by atoms with E-state index in [9.17, 15) is 0 Å². The van der Waals surface area contributed by atoms with Gasteiger partial charge in [0.2, 0.25) is 0 Å². The lowest BCUT2D eigenvalue weighted by Gasteiger charge is -2.33. The van der Waals surface area contributed by atoms with Crippen LogP contribution < -0.4 is 5.32 Å². The van der Waals surface area contributed by atoms with Crippen molar-refractivity contribution in [3.8, 4) is 0 Å². The Kier molecular flexibility index (Phi) is 7.53. The van der Waals surface area contributed by atoms with Crippen molar-refractivity contribution in [3.63, 3.8) is 0 Å². The first-order valence-corrected chi connectivity index (χ1v) is 10.7. The molecule has 1 aromatic carbocycles. The molecule has 2 heterocycles. The summed E-state index contributed by atoms with van der Waals surface area (Å²) in [7, 11) is 2.21. The molecule has 0 amide bonds. The lowest BCUT2D eigenvalue weighted by Crippen LogP contribution is -2.45. The molecule has 0 aliphatic carbocycles. The first kappa shape index (κ1) is 20.2. The van der Waals surface area contributed by atoms with Crippen molar-refractivity contribution in [3.05, 3.63) is 35.4 Å². The van der Waals surface area contributed by atoms with Gasteiger partial charge in [-0.05, 0) is 43.9 Å². The van der Waals surface area contributed by atoms with Gasteiger partial charge in [-0.1, -0.05) is 31.2 Å². The van der Waals surface area contributed by atoms with Crippen molar-refractivity contribution in [2.45, 2.75) is 39.8 Å². The molecule has 27 heavy (non-hydrogen) atoms. The molecule has 0 saturated carbocycles. The van der Waals surface area contributed by atoms with Gasteiger partial charge in [0, 0.05) is 52.4 Å². The van der Waals surface area contributed by atoms with Crippen LogP contribution in [0.15, 0.2) is 29.3 Å². The summed E-state index contributed by atoms with van der Waals surface area (Å²) in [5.41, 5.74) is 2.70. The summed E-state index contributed by atoms with van der Waals surface area (Å²) < 4.78 is 0. The highest BCUT2D eigenvalue weighted by molar-refractivity contribution is 5.80. The predicted molar refractivity (Wildman–Crippen MR) is 114 cm³/mol. The summed E-state index contributed by atoms with van der Waals surface area (Å²) in [5, 5.41) is 3.47. The highest BCUT2D eigenvalue weighted by Crippen LogP contribution is 2.16. The van der Waals surface area contributed by atoms with E-state index in [-0.39, 0.29) is 0 Å². The van der Waals surface area contributed by atoms with Gasteiger partial charge in [-0.3, -0.25) is 4.90 Å². The van der Waals surface area contributed by atoms with Crippen molar-refractivity contribution in [1.82, 2.24) is 20.0 Å². The zero-order chi connectivity index (χ0) is 19.1. The third-order valence-electron chi connectivity index (χ3n) is 5.85. The maximum atomic E-state index is 4.90. The molecule has 0 spiro atoms. The van der Waals surface area contributed by atoms with Gasteiger partial charge < -0.3 is 15.1 Å². The molecule has 0 atom stereocenters. The van der Waals surface area contributed by atoms with E-state index < -0.39 is 0 Å². The van der Waals surface area contributed by atoms with E-state index in [0.29, 0.717) is 0 Å². The average molecular weight is 372 g/mol. The molecule has 0 bridgehead atoms. The van der Waals surface area contributed by atoms with Gasteiger partial charge in [-0.2, -0.15) is 0 Å². The van der Waals surface area contributed by atoms with E-state index >= 15 is 0 Å². The molecule has 2 aliphatic heterocycles. The van der Waals surface area contributed by atoms with Crippen molar-refractivity contribution in [2.75, 3.05) is 52.9 Å². The maximum absolute atomic E-state index is 4.90. The predicted octanol–water partition coefficient (Wildman–Crippen LogP) is 2.63. The highest BCUT2D eigenvalue weighted by Gasteiger charge is 2.18. The highest BCUT2D eigenvalue weighted by atomic mass is 15.3. The van der Waals surface area contributed by atoms with Crippen LogP contribution in [0.3, 0.4) is 0 Å². The molecular weight excluding hydrogens is 334 g/mol. The molecule has 2 saturated heterocycles. The van der Waals surface area contributed by atoms with Gasteiger partial charge in [0.15, 0.2) is 5.96 Å². The topological polar surface area (TPSA) is 34.1 Å². The van der Waals surface area contributed by atoms with E-state index in [2.05, 4.69) is 65.2 Å². The number of nitrogens with zero attached hydrogens (tertiary/aromatic N) is 4. The van der Waals surface area contributed by atoms with Crippen LogP contribution in [-0.2, 0) is 13.1 Å². The molecule has 0 radical (unpaired) electrons. The van der Waals surface area contributed by atoms with E-state index in [1.807, 2.05) is 0 Å². The Morgan fingerprint density at radius 1 is 1.00 bits per heavy atom. The number of rotatable bonds is 5. The number of piperidine rings is 1. The third kappa shape index (κ3) is 6.22. The van der Waals surface area contributed by atoms with Crippen LogP contribution in [0.5, 0.6) is 0 Å². The zero-order valence-corrected chi connectivity index (χ0v) is 17.5. The lowest BCUT2D eigenvalue weighted by atomic mass is 10.00. The van der Waals surface area contributed by atoms with Gasteiger partial charge in [-0.15, -0.1) is 0 Å². The number of aliphatic imine (C=N–C) groups is 1. The molecular formula is C22H37N5. The summed E-state index contributed by atoms with van der Waals surface area (Å²) in [5.74, 6) is 1.92. The standard InChI is InChI=1S/C22H37N5/c1-4-23-22(27-11-9-19(2)10-12-27)24-17-20-5-7-21(8-6-20)18-26-15-13-25(3)14-16-26/h5-8,19H,4,9-18H2,1-3H3,(H,23,24). The first-order valence-electron chi connectivity index (χ1n) is 10.7. The number of guanidine groups is 1. The van der Waals surface area contributed by atoms with Crippen LogP contribution in [0.25, 0.3) is 0 Å². The number of nitrogens with one attached hydrogen (secondary N) is 1. The van der Waals surface area contributed by atoms with Crippen LogP contribution >= 0.6 is 0 Å². The van der Waals surface area contributed by atoms with Gasteiger partial charge in [0.25, 0.3) is 0 Å². The van der Waals surface area contributed by atoms with Crippen LogP contribution in [0.1, 0.15) is 37.8 Å². The first-order chi connectivity index (χ1) is 13.1. The molecule has 0 unspecified atom stereocenters. The average Bonchev–Trinajstić information content (AvgIpc) is 2.69. The molecule has 1 N–H and O–H groups in total. The summed E-state index contributed by atoms with van der Waals surface area (Å²) in [6.07, 6.45) is 2.54. The molecule has 5 heteroatoms. The molecule has 2 aliphatic rings. The van der Waals surface area contributed by atoms with Crippen molar-refractivity contribution < 1.29 is 0 Å². The van der Waals surface area contributed by atoms with Crippen molar-refractivity contribution >= 4 is 5.96 Å². The Bertz CT molecular complexity index is 581. The minimum absolute atomic E-state index is 0.753. The minimum Gasteiger partial charge on any atom is -0.357 e. The molecule has 5 nitrogen and oxygen atoms in total. The summed E-state index contributed by atoms with van der Waals surface area (Å²) in [6.45, 7) is 14.2. The zero-order valence-electron chi connectivity index (χ0n) is 17.5. The maximum Gasteiger partial charge on any atom is 0.194 e. The second-order valence-electron chi connectivity index (χ2n) is 8.24. The van der Waals surface area contributed by atoms with E-state index in [1.165, 1.54) is 50.1 Å². The SMILES string of the molecule is CCNC(=NCc1ccc(CN2CCN(C)CC2)cc1)N1CCC(C)CC1. The Morgan fingerprint density at radius 2 is 1.63 bits per heavy atom. The van der Waals surface area contributed by atoms with Gasteiger partial charge in [0.1, 0.15) is 0 Å². The largest absolute Gasteiger partial charge is 0.357 e. The smallest absolute Gasteiger partial charge is 0.194 e. The van der Waals surface area contributed by atoms with Gasteiger partial charge in [-0.25, -0.2) is 4.99 Å². The fourth-order valence-electron chi connectivity index (χ4n) is 3.83. The number of hydrogen-bond donors (Lipinski definition) is 1. The Morgan fingerprint density at radius 3 is 2.26 bits per heavy atom. The number of piperazine rings is 1. The lowest BCUT2D eigenvalue weighted by molar-refractivity contribution is 0.148. The number of likely N-dealkylation sites (tertiary alicyclic amines) is 1. The second kappa shape index (κ2) is 10.1. The number of likely N-dealkylation sites (N-methyl/N-ethyl adjacent to an activating group) is 1. The molecule has 1 aromatic rings. The Hall–Kier alpha value is -1.59. The van der Waals surface area contributed by atoms with E-state index in [1.54, 1.807) is 0 Å². The van der Waals surface area contributed by atoms with Gasteiger partial charge >= 0.3 is 0 Å². The summed E-state index contributed by atoms with van der Waals surface area (Å²) in [6, 6.07) is 9.05. The number of hydrogen-bond acceptors (Lipinski definition) is 3. The summed E-state index contributed by atoms with van der Waals surface area (Å²) >= 11 is 0. The van der Waals surface area contributed by atoms with Gasteiger partial charge in [0.05, 0.1) is 6.54 Å². The number of benzene rings is 1. The normalized spacial score (nSPS) is 20.9. The second-order valence-corrected chi connectivity index (χ2v) is 8.24. The van der Waals surface area contributed by atoms with Crippen LogP contribution in [0, 0.1) is 5.92 Å². The summed E-state index contributed by atoms with van der Waals surface area (Å²) in [4.78, 5) is 12.3. The van der Waals surface area contributed by atoms with Crippen molar-refractivity contribution in [1.29, 1.82) is 0 Å². The fourth-order valence-corrected chi connectivity index (χ4v) is 3.83. The quantitative estimate of drug-likeness (QED) is 0.637. The third-order valence-corrected chi connectivity index (χ3v) is 5.85. The minimum atomic E-state index is 0.753. The molecule has 3 rings (SSSR count). The Balaban J connectivity index is 1.53. The van der Waals surface area contributed by atoms with E-state index in [4.69, 9.17) is 4.99 Å². The molecule has 150 valence electrons. The molecule has 2 fully saturated rings. The fraction of sp³-hybridized carbons (Fsp3) is 0.682.